The van der Waals surface area contributed by atoms with Crippen LogP contribution in [0.4, 0.5) is 11.4 Å². The largest absolute Gasteiger partial charge is 0.506 e. The standard InChI is InChI=1S/C33H32N2O3/c1-22(36)35-29-20-30(37)28(19-27(29)33(4,21-32(35,2)3)26-13-9-6-10-14-26)34-31(38)25-17-15-24(16-18-25)23-11-7-5-8-12-23/h5-20,37H,21H2,1-4H3,(H,34,38). The Morgan fingerprint density at radius 2 is 1.39 bits per heavy atom. The quantitative estimate of drug-likeness (QED) is 0.290. The zero-order valence-electron chi connectivity index (χ0n) is 22.2. The van der Waals surface area contributed by atoms with E-state index in [4.69, 9.17) is 0 Å². The van der Waals surface area contributed by atoms with Gasteiger partial charge in [-0.2, -0.15) is 0 Å². The van der Waals surface area contributed by atoms with E-state index in [1.165, 1.54) is 0 Å². The van der Waals surface area contributed by atoms with E-state index in [9.17, 15) is 14.7 Å². The van der Waals surface area contributed by atoms with E-state index in [1.54, 1.807) is 30.0 Å². The molecule has 192 valence electrons. The molecule has 2 N–H and O–H groups in total. The van der Waals surface area contributed by atoms with E-state index in [0.29, 0.717) is 23.4 Å². The van der Waals surface area contributed by atoms with Crippen molar-refractivity contribution < 1.29 is 14.7 Å². The van der Waals surface area contributed by atoms with Crippen LogP contribution in [0.2, 0.25) is 0 Å². The van der Waals surface area contributed by atoms with Crippen molar-refractivity contribution >= 4 is 23.2 Å². The summed E-state index contributed by atoms with van der Waals surface area (Å²) < 4.78 is 0. The molecule has 5 rings (SSSR count). The molecule has 1 aliphatic rings. The summed E-state index contributed by atoms with van der Waals surface area (Å²) in [5.41, 5.74) is 4.60. The lowest BCUT2D eigenvalue weighted by Gasteiger charge is -2.51. The Hall–Kier alpha value is -4.38. The van der Waals surface area contributed by atoms with Crippen LogP contribution in [0.1, 0.15) is 55.6 Å². The molecule has 0 aliphatic carbocycles. The molecule has 2 amide bonds. The van der Waals surface area contributed by atoms with E-state index in [2.05, 4.69) is 24.4 Å². The first kappa shape index (κ1) is 25.3. The zero-order chi connectivity index (χ0) is 27.1. The van der Waals surface area contributed by atoms with Gasteiger partial charge >= 0.3 is 0 Å². The Bertz CT molecular complexity index is 1500. The summed E-state index contributed by atoms with van der Waals surface area (Å²) in [4.78, 5) is 27.7. The van der Waals surface area contributed by atoms with E-state index in [1.807, 2.05) is 80.6 Å². The van der Waals surface area contributed by atoms with Gasteiger partial charge in [0.1, 0.15) is 5.75 Å². The molecule has 0 spiro atoms. The van der Waals surface area contributed by atoms with Crippen LogP contribution >= 0.6 is 0 Å². The first-order valence-electron chi connectivity index (χ1n) is 12.8. The Morgan fingerprint density at radius 3 is 2.00 bits per heavy atom. The second kappa shape index (κ2) is 9.49. The maximum atomic E-state index is 13.2. The molecule has 1 atom stereocenters. The second-order valence-corrected chi connectivity index (χ2v) is 10.8. The number of fused-ring (bicyclic) bond motifs is 1. The summed E-state index contributed by atoms with van der Waals surface area (Å²) in [6.45, 7) is 7.79. The van der Waals surface area contributed by atoms with Gasteiger partial charge in [-0.15, -0.1) is 0 Å². The fourth-order valence-electron chi connectivity index (χ4n) is 5.97. The molecule has 4 aromatic rings. The Morgan fingerprint density at radius 1 is 0.816 bits per heavy atom. The maximum Gasteiger partial charge on any atom is 0.255 e. The lowest BCUT2D eigenvalue weighted by atomic mass is 9.65. The van der Waals surface area contributed by atoms with E-state index >= 15 is 0 Å². The molecule has 1 unspecified atom stereocenters. The number of aromatic hydroxyl groups is 1. The predicted molar refractivity (Wildman–Crippen MR) is 153 cm³/mol. The third-order valence-electron chi connectivity index (χ3n) is 7.57. The minimum atomic E-state index is -0.485. The van der Waals surface area contributed by atoms with Crippen molar-refractivity contribution in [3.63, 3.8) is 0 Å². The van der Waals surface area contributed by atoms with Crippen molar-refractivity contribution in [1.29, 1.82) is 0 Å². The first-order valence-corrected chi connectivity index (χ1v) is 12.8. The molecule has 38 heavy (non-hydrogen) atoms. The van der Waals surface area contributed by atoms with E-state index < -0.39 is 11.0 Å². The van der Waals surface area contributed by atoms with Crippen LogP contribution in [0, 0.1) is 0 Å². The second-order valence-electron chi connectivity index (χ2n) is 10.8. The van der Waals surface area contributed by atoms with Crippen LogP contribution in [0.3, 0.4) is 0 Å². The third-order valence-corrected chi connectivity index (χ3v) is 7.57. The summed E-state index contributed by atoms with van der Waals surface area (Å²) in [7, 11) is 0. The van der Waals surface area contributed by atoms with E-state index in [-0.39, 0.29) is 17.6 Å². The van der Waals surface area contributed by atoms with Crippen LogP contribution < -0.4 is 10.2 Å². The molecule has 1 heterocycles. The Kier molecular flexibility index (Phi) is 6.31. The number of rotatable bonds is 4. The Balaban J connectivity index is 1.54. The molecule has 0 aromatic heterocycles. The molecule has 0 fully saturated rings. The van der Waals surface area contributed by atoms with Crippen molar-refractivity contribution in [1.82, 2.24) is 0 Å². The fourth-order valence-corrected chi connectivity index (χ4v) is 5.97. The molecule has 0 bridgehead atoms. The maximum absolute atomic E-state index is 13.2. The van der Waals surface area contributed by atoms with Gasteiger partial charge in [-0.05, 0) is 60.7 Å². The highest BCUT2D eigenvalue weighted by molar-refractivity contribution is 6.06. The summed E-state index contributed by atoms with van der Waals surface area (Å²) in [5.74, 6) is -0.501. The van der Waals surface area contributed by atoms with Gasteiger partial charge in [-0.25, -0.2) is 0 Å². The van der Waals surface area contributed by atoms with Crippen molar-refractivity contribution in [2.24, 2.45) is 0 Å². The number of hydrogen-bond acceptors (Lipinski definition) is 3. The van der Waals surface area contributed by atoms with Gasteiger partial charge in [0.15, 0.2) is 0 Å². The van der Waals surface area contributed by atoms with Crippen molar-refractivity contribution in [3.05, 3.63) is 114 Å². The normalized spacial score (nSPS) is 17.9. The number of phenolic OH excluding ortho intramolecular Hbond substituents is 1. The number of carbonyl (C=O) groups is 2. The summed E-state index contributed by atoms with van der Waals surface area (Å²) in [6.07, 6.45) is 0.676. The molecule has 0 saturated heterocycles. The number of nitrogens with zero attached hydrogens (tertiary/aromatic N) is 1. The zero-order valence-corrected chi connectivity index (χ0v) is 22.2. The summed E-state index contributed by atoms with van der Waals surface area (Å²) >= 11 is 0. The molecular weight excluding hydrogens is 472 g/mol. The highest BCUT2D eigenvalue weighted by atomic mass is 16.3. The van der Waals surface area contributed by atoms with Gasteiger partial charge < -0.3 is 15.3 Å². The average Bonchev–Trinajstić information content (AvgIpc) is 2.90. The predicted octanol–water partition coefficient (Wildman–Crippen LogP) is 7.15. The number of anilines is 2. The van der Waals surface area contributed by atoms with Crippen LogP contribution in [0.15, 0.2) is 97.1 Å². The lowest BCUT2D eigenvalue weighted by molar-refractivity contribution is -0.117. The van der Waals surface area contributed by atoms with Crippen LogP contribution in [-0.4, -0.2) is 22.5 Å². The number of benzene rings is 4. The first-order chi connectivity index (χ1) is 18.1. The monoisotopic (exact) mass is 504 g/mol. The number of nitrogens with one attached hydrogen (secondary N) is 1. The highest BCUT2D eigenvalue weighted by Crippen LogP contribution is 2.52. The van der Waals surface area contributed by atoms with Gasteiger partial charge in [0.25, 0.3) is 5.91 Å². The van der Waals surface area contributed by atoms with Crippen LogP contribution in [-0.2, 0) is 10.2 Å². The van der Waals surface area contributed by atoms with Crippen molar-refractivity contribution in [3.8, 4) is 16.9 Å². The minimum absolute atomic E-state index is 0.0858. The fraction of sp³-hybridized carbons (Fsp3) is 0.212. The van der Waals surface area contributed by atoms with Crippen LogP contribution in [0.5, 0.6) is 5.75 Å². The highest BCUT2D eigenvalue weighted by Gasteiger charge is 2.47. The molecular formula is C33H32N2O3. The molecule has 0 saturated carbocycles. The smallest absolute Gasteiger partial charge is 0.255 e. The SMILES string of the molecule is CC(=O)N1c2cc(O)c(NC(=O)c3ccc(-c4ccccc4)cc3)cc2C(C)(c2ccccc2)CC1(C)C. The average molecular weight is 505 g/mol. The van der Waals surface area contributed by atoms with Gasteiger partial charge in [-0.3, -0.25) is 9.59 Å². The van der Waals surface area contributed by atoms with Crippen LogP contribution in [0.25, 0.3) is 11.1 Å². The number of amides is 2. The third kappa shape index (κ3) is 4.45. The molecule has 1 aliphatic heterocycles. The lowest BCUT2D eigenvalue weighted by Crippen LogP contribution is -2.55. The molecule has 4 aromatic carbocycles. The van der Waals surface area contributed by atoms with Gasteiger partial charge in [-0.1, -0.05) is 79.7 Å². The number of hydrogen-bond donors (Lipinski definition) is 2. The van der Waals surface area contributed by atoms with E-state index in [0.717, 1.165) is 22.3 Å². The topological polar surface area (TPSA) is 69.6 Å². The molecule has 5 nitrogen and oxygen atoms in total. The molecule has 5 heteroatoms. The Labute approximate surface area is 223 Å². The van der Waals surface area contributed by atoms with Crippen molar-refractivity contribution in [2.45, 2.75) is 45.1 Å². The summed E-state index contributed by atoms with van der Waals surface area (Å²) in [5, 5.41) is 13.9. The minimum Gasteiger partial charge on any atom is -0.506 e. The number of phenols is 1. The van der Waals surface area contributed by atoms with Gasteiger partial charge in [0.2, 0.25) is 5.91 Å². The molecule has 0 radical (unpaired) electrons. The van der Waals surface area contributed by atoms with Gasteiger partial charge in [0, 0.05) is 29.5 Å². The summed E-state index contributed by atoms with van der Waals surface area (Å²) in [6, 6.07) is 30.9. The van der Waals surface area contributed by atoms with Gasteiger partial charge in [0.05, 0.1) is 11.4 Å². The van der Waals surface area contributed by atoms with Crippen molar-refractivity contribution in [2.75, 3.05) is 10.2 Å². The number of carbonyl (C=O) groups excluding carboxylic acids is 2.